The van der Waals surface area contributed by atoms with Gasteiger partial charge in [-0.15, -0.1) is 10.2 Å². The highest BCUT2D eigenvalue weighted by Crippen LogP contribution is 2.32. The number of aromatic nitrogens is 3. The molecule has 7 nitrogen and oxygen atoms in total. The lowest BCUT2D eigenvalue weighted by molar-refractivity contribution is -0.137. The molecule has 8 heteroatoms. The van der Waals surface area contributed by atoms with E-state index in [2.05, 4.69) is 26.6 Å². The van der Waals surface area contributed by atoms with Gasteiger partial charge in [0.1, 0.15) is 5.25 Å². The summed E-state index contributed by atoms with van der Waals surface area (Å²) in [6, 6.07) is 0. The average Bonchev–Trinajstić information content (AvgIpc) is 3.34. The minimum absolute atomic E-state index is 0.134. The number of piperidine rings is 1. The first-order chi connectivity index (χ1) is 12.2. The van der Waals surface area contributed by atoms with Crippen LogP contribution in [0, 0.1) is 5.92 Å². The van der Waals surface area contributed by atoms with Crippen molar-refractivity contribution in [3.8, 4) is 0 Å². The second kappa shape index (κ2) is 7.53. The SMILES string of the molecule is CC1CCN(c2nnc(S[C@@H]3CCOC3=O)n2C[C@H]2CCCO2)CC1. The lowest BCUT2D eigenvalue weighted by Gasteiger charge is -2.31. The van der Waals surface area contributed by atoms with Crippen molar-refractivity contribution in [2.75, 3.05) is 31.2 Å². The van der Waals surface area contributed by atoms with Gasteiger partial charge < -0.3 is 14.4 Å². The molecule has 0 N–H and O–H groups in total. The van der Waals surface area contributed by atoms with Gasteiger partial charge in [-0.1, -0.05) is 18.7 Å². The maximum Gasteiger partial charge on any atom is 0.319 e. The smallest absolute Gasteiger partial charge is 0.319 e. The Kier molecular flexibility index (Phi) is 5.17. The van der Waals surface area contributed by atoms with Crippen molar-refractivity contribution in [3.63, 3.8) is 0 Å². The number of hydrogen-bond acceptors (Lipinski definition) is 7. The number of carbonyl (C=O) groups excluding carboxylic acids is 1. The first-order valence-corrected chi connectivity index (χ1v) is 10.2. The molecule has 0 amide bonds. The van der Waals surface area contributed by atoms with Crippen LogP contribution >= 0.6 is 11.8 Å². The Bertz CT molecular complexity index is 609. The molecular weight excluding hydrogens is 340 g/mol. The van der Waals surface area contributed by atoms with Gasteiger partial charge in [0.15, 0.2) is 5.16 Å². The molecule has 3 aliphatic heterocycles. The third-order valence-corrected chi connectivity index (χ3v) is 6.53. The molecule has 25 heavy (non-hydrogen) atoms. The first-order valence-electron chi connectivity index (χ1n) is 9.34. The van der Waals surface area contributed by atoms with Gasteiger partial charge in [0.05, 0.1) is 19.3 Å². The topological polar surface area (TPSA) is 69.5 Å². The van der Waals surface area contributed by atoms with Gasteiger partial charge in [-0.2, -0.15) is 0 Å². The van der Waals surface area contributed by atoms with E-state index < -0.39 is 0 Å². The minimum atomic E-state index is -0.165. The summed E-state index contributed by atoms with van der Waals surface area (Å²) in [4.78, 5) is 14.2. The number of nitrogens with zero attached hydrogens (tertiary/aromatic N) is 4. The number of cyclic esters (lactones) is 1. The number of esters is 1. The zero-order valence-corrected chi connectivity index (χ0v) is 15.5. The Morgan fingerprint density at radius 3 is 2.68 bits per heavy atom. The molecule has 0 spiro atoms. The monoisotopic (exact) mass is 366 g/mol. The van der Waals surface area contributed by atoms with Gasteiger partial charge in [-0.05, 0) is 31.6 Å². The predicted octanol–water partition coefficient (Wildman–Crippen LogP) is 2.10. The summed E-state index contributed by atoms with van der Waals surface area (Å²) >= 11 is 1.49. The van der Waals surface area contributed by atoms with E-state index in [1.807, 2.05) is 0 Å². The Labute approximate surface area is 152 Å². The van der Waals surface area contributed by atoms with E-state index in [0.717, 1.165) is 62.5 Å². The van der Waals surface area contributed by atoms with Gasteiger partial charge in [0, 0.05) is 26.1 Å². The molecule has 4 rings (SSSR count). The Morgan fingerprint density at radius 1 is 1.16 bits per heavy atom. The van der Waals surface area contributed by atoms with Crippen LogP contribution in [0.25, 0.3) is 0 Å². The van der Waals surface area contributed by atoms with Gasteiger partial charge in [0.2, 0.25) is 5.95 Å². The fourth-order valence-corrected chi connectivity index (χ4v) is 4.68. The van der Waals surface area contributed by atoms with Crippen molar-refractivity contribution in [3.05, 3.63) is 0 Å². The molecule has 2 atom stereocenters. The van der Waals surface area contributed by atoms with E-state index in [1.165, 1.54) is 24.6 Å². The number of anilines is 1. The van der Waals surface area contributed by atoms with E-state index in [1.54, 1.807) is 0 Å². The van der Waals surface area contributed by atoms with Crippen molar-refractivity contribution in [2.45, 2.75) is 62.1 Å². The van der Waals surface area contributed by atoms with E-state index in [-0.39, 0.29) is 17.3 Å². The molecule has 1 aromatic rings. The summed E-state index contributed by atoms with van der Waals surface area (Å²) < 4.78 is 13.1. The molecule has 3 fully saturated rings. The lowest BCUT2D eigenvalue weighted by Crippen LogP contribution is -2.35. The molecule has 4 heterocycles. The molecule has 0 unspecified atom stereocenters. The van der Waals surface area contributed by atoms with Gasteiger partial charge >= 0.3 is 5.97 Å². The van der Waals surface area contributed by atoms with Crippen LogP contribution in [0.2, 0.25) is 0 Å². The molecule has 0 aliphatic carbocycles. The fraction of sp³-hybridized carbons (Fsp3) is 0.824. The van der Waals surface area contributed by atoms with Crippen molar-refractivity contribution in [1.29, 1.82) is 0 Å². The molecule has 3 aliphatic rings. The van der Waals surface area contributed by atoms with E-state index in [9.17, 15) is 4.79 Å². The Balaban J connectivity index is 1.55. The second-order valence-electron chi connectivity index (χ2n) is 7.26. The average molecular weight is 366 g/mol. The highest BCUT2D eigenvalue weighted by Gasteiger charge is 2.32. The highest BCUT2D eigenvalue weighted by molar-refractivity contribution is 8.00. The molecule has 0 radical (unpaired) electrons. The quantitative estimate of drug-likeness (QED) is 0.739. The van der Waals surface area contributed by atoms with Crippen LogP contribution in [0.5, 0.6) is 0 Å². The summed E-state index contributed by atoms with van der Waals surface area (Å²) in [6.07, 6.45) is 5.51. The maximum absolute atomic E-state index is 11.8. The second-order valence-corrected chi connectivity index (χ2v) is 8.43. The van der Waals surface area contributed by atoms with Crippen LogP contribution in [-0.2, 0) is 20.8 Å². The normalized spacial score (nSPS) is 27.9. The number of carbonyl (C=O) groups is 1. The van der Waals surface area contributed by atoms with Crippen LogP contribution in [0.4, 0.5) is 5.95 Å². The van der Waals surface area contributed by atoms with Crippen molar-refractivity contribution in [2.24, 2.45) is 5.92 Å². The molecule has 0 bridgehead atoms. The maximum atomic E-state index is 11.8. The Morgan fingerprint density at radius 2 is 2.00 bits per heavy atom. The number of ether oxygens (including phenoxy) is 2. The van der Waals surface area contributed by atoms with E-state index in [0.29, 0.717) is 6.61 Å². The molecule has 0 aromatic carbocycles. The lowest BCUT2D eigenvalue weighted by atomic mass is 10.00. The minimum Gasteiger partial charge on any atom is -0.465 e. The summed E-state index contributed by atoms with van der Waals surface area (Å²) in [5, 5.41) is 9.55. The highest BCUT2D eigenvalue weighted by atomic mass is 32.2. The predicted molar refractivity (Wildman–Crippen MR) is 94.8 cm³/mol. The number of hydrogen-bond donors (Lipinski definition) is 0. The molecule has 0 saturated carbocycles. The zero-order chi connectivity index (χ0) is 17.2. The van der Waals surface area contributed by atoms with Crippen molar-refractivity contribution >= 4 is 23.7 Å². The zero-order valence-electron chi connectivity index (χ0n) is 14.7. The standard InChI is InChI=1S/C17H26N4O3S/c1-12-4-7-20(8-5-12)16-18-19-17(25-14-6-10-24-15(14)22)21(16)11-13-3-2-9-23-13/h12-14H,2-11H2,1H3/t13-,14-/m1/s1. The van der Waals surface area contributed by atoms with Crippen molar-refractivity contribution in [1.82, 2.24) is 14.8 Å². The van der Waals surface area contributed by atoms with E-state index in [4.69, 9.17) is 9.47 Å². The van der Waals surface area contributed by atoms with Crippen LogP contribution < -0.4 is 4.90 Å². The summed E-state index contributed by atoms with van der Waals surface area (Å²) in [5.74, 6) is 1.56. The van der Waals surface area contributed by atoms with Gasteiger partial charge in [-0.3, -0.25) is 9.36 Å². The van der Waals surface area contributed by atoms with Crippen LogP contribution in [0.15, 0.2) is 5.16 Å². The molecule has 3 saturated heterocycles. The summed E-state index contributed by atoms with van der Waals surface area (Å²) in [6.45, 7) is 6.44. The first kappa shape index (κ1) is 17.1. The van der Waals surface area contributed by atoms with Crippen LogP contribution in [0.3, 0.4) is 0 Å². The van der Waals surface area contributed by atoms with Crippen molar-refractivity contribution < 1.29 is 14.3 Å². The van der Waals surface area contributed by atoms with E-state index >= 15 is 0 Å². The number of thioether (sulfide) groups is 1. The third-order valence-electron chi connectivity index (χ3n) is 5.31. The summed E-state index contributed by atoms with van der Waals surface area (Å²) in [5.41, 5.74) is 0. The van der Waals surface area contributed by atoms with Gasteiger partial charge in [0.25, 0.3) is 0 Å². The third kappa shape index (κ3) is 3.79. The molecule has 138 valence electrons. The van der Waals surface area contributed by atoms with Gasteiger partial charge in [-0.25, -0.2) is 0 Å². The van der Waals surface area contributed by atoms with Crippen LogP contribution in [0.1, 0.15) is 39.0 Å². The largest absolute Gasteiger partial charge is 0.465 e. The Hall–Kier alpha value is -1.28. The molecule has 1 aromatic heterocycles. The van der Waals surface area contributed by atoms with Crippen LogP contribution in [-0.4, -0.2) is 58.4 Å². The fourth-order valence-electron chi connectivity index (χ4n) is 3.67. The number of rotatable bonds is 5. The summed E-state index contributed by atoms with van der Waals surface area (Å²) in [7, 11) is 0. The molecular formula is C17H26N4O3S.